The topological polar surface area (TPSA) is 87.6 Å². The van der Waals surface area contributed by atoms with E-state index in [2.05, 4.69) is 46.2 Å². The fourth-order valence-electron chi connectivity index (χ4n) is 3.15. The predicted octanol–water partition coefficient (Wildman–Crippen LogP) is 2.57. The second-order valence-corrected chi connectivity index (χ2v) is 7.17. The van der Waals surface area contributed by atoms with Crippen LogP contribution in [0.4, 0.5) is 5.95 Å². The van der Waals surface area contributed by atoms with Gasteiger partial charge in [-0.3, -0.25) is 9.69 Å². The van der Waals surface area contributed by atoms with E-state index in [0.717, 1.165) is 25.2 Å². The Bertz CT molecular complexity index is 737. The number of hydrogen-bond acceptors (Lipinski definition) is 6. The van der Waals surface area contributed by atoms with Crippen molar-refractivity contribution in [2.24, 2.45) is 5.92 Å². The van der Waals surface area contributed by atoms with Gasteiger partial charge in [-0.1, -0.05) is 44.2 Å². The Kier molecular flexibility index (Phi) is 6.36. The summed E-state index contributed by atoms with van der Waals surface area (Å²) in [5, 5.41) is 11.4. The van der Waals surface area contributed by atoms with Gasteiger partial charge in [0.2, 0.25) is 5.95 Å². The Hall–Kier alpha value is -2.51. The van der Waals surface area contributed by atoms with Crippen molar-refractivity contribution >= 4 is 11.9 Å². The zero-order valence-corrected chi connectivity index (χ0v) is 15.7. The third-order valence-electron chi connectivity index (χ3n) is 4.63. The lowest BCUT2D eigenvalue weighted by atomic mass is 10.0. The molecule has 0 aliphatic carbocycles. The molecule has 2 heterocycles. The largest absolute Gasteiger partial charge is 0.480 e. The van der Waals surface area contributed by atoms with Crippen LogP contribution in [0.1, 0.15) is 31.1 Å². The van der Waals surface area contributed by atoms with E-state index < -0.39 is 5.97 Å². The molecule has 1 fully saturated rings. The van der Waals surface area contributed by atoms with Crippen LogP contribution in [0.3, 0.4) is 0 Å². The van der Waals surface area contributed by atoms with Crippen molar-refractivity contribution < 1.29 is 14.6 Å². The average molecular weight is 370 g/mol. The Labute approximate surface area is 159 Å². The van der Waals surface area contributed by atoms with Crippen molar-refractivity contribution in [2.75, 3.05) is 25.0 Å². The Balaban J connectivity index is 1.66. The molecule has 27 heavy (non-hydrogen) atoms. The number of aliphatic carboxylic acids is 1. The van der Waals surface area contributed by atoms with E-state index in [0.29, 0.717) is 11.9 Å². The van der Waals surface area contributed by atoms with E-state index in [9.17, 15) is 4.79 Å². The summed E-state index contributed by atoms with van der Waals surface area (Å²) in [5.74, 6) is -0.189. The molecule has 7 heteroatoms. The van der Waals surface area contributed by atoms with Crippen molar-refractivity contribution in [3.63, 3.8) is 0 Å². The number of rotatable bonds is 7. The van der Waals surface area contributed by atoms with E-state index in [1.807, 2.05) is 18.2 Å². The molecule has 1 aliphatic rings. The monoisotopic (exact) mass is 370 g/mol. The maximum absolute atomic E-state index is 10.6. The van der Waals surface area contributed by atoms with Crippen LogP contribution in [0.2, 0.25) is 0 Å². The molecular weight excluding hydrogens is 344 g/mol. The molecule has 2 atom stereocenters. The molecule has 0 radical (unpaired) electrons. The molecular formula is C20H26N4O3. The van der Waals surface area contributed by atoms with E-state index in [-0.39, 0.29) is 18.8 Å². The molecule has 2 aromatic rings. The highest BCUT2D eigenvalue weighted by Crippen LogP contribution is 2.28. The molecule has 0 bridgehead atoms. The number of carbonyl (C=O) groups is 1. The molecule has 7 nitrogen and oxygen atoms in total. The van der Waals surface area contributed by atoms with Gasteiger partial charge in [0.15, 0.2) is 0 Å². The van der Waals surface area contributed by atoms with Gasteiger partial charge in [0.05, 0.1) is 12.2 Å². The van der Waals surface area contributed by atoms with Gasteiger partial charge >= 0.3 is 5.97 Å². The number of nitrogens with one attached hydrogen (secondary N) is 1. The van der Waals surface area contributed by atoms with Gasteiger partial charge in [0, 0.05) is 37.6 Å². The quantitative estimate of drug-likeness (QED) is 0.774. The Morgan fingerprint density at radius 1 is 1.26 bits per heavy atom. The van der Waals surface area contributed by atoms with Crippen LogP contribution in [0.5, 0.6) is 0 Å². The predicted molar refractivity (Wildman–Crippen MR) is 102 cm³/mol. The summed E-state index contributed by atoms with van der Waals surface area (Å²) < 4.78 is 6.34. The second-order valence-electron chi connectivity index (χ2n) is 7.17. The summed E-state index contributed by atoms with van der Waals surface area (Å²) in [4.78, 5) is 21.4. The maximum atomic E-state index is 10.6. The van der Waals surface area contributed by atoms with Crippen LogP contribution in [0, 0.1) is 5.92 Å². The minimum absolute atomic E-state index is 0.0461. The van der Waals surface area contributed by atoms with Crippen LogP contribution in [-0.2, 0) is 16.1 Å². The van der Waals surface area contributed by atoms with Crippen molar-refractivity contribution in [3.05, 3.63) is 53.9 Å². The van der Waals surface area contributed by atoms with Crippen molar-refractivity contribution in [3.8, 4) is 0 Å². The molecule has 1 aliphatic heterocycles. The Morgan fingerprint density at radius 2 is 1.96 bits per heavy atom. The molecule has 0 saturated carbocycles. The maximum Gasteiger partial charge on any atom is 0.322 e. The highest BCUT2D eigenvalue weighted by atomic mass is 16.5. The molecule has 0 unspecified atom stereocenters. The smallest absolute Gasteiger partial charge is 0.322 e. The first-order chi connectivity index (χ1) is 13.0. The number of carboxylic acid groups (broad SMARTS) is 1. The Morgan fingerprint density at radius 3 is 2.59 bits per heavy atom. The van der Waals surface area contributed by atoms with Gasteiger partial charge < -0.3 is 15.2 Å². The fourth-order valence-corrected chi connectivity index (χ4v) is 3.15. The van der Waals surface area contributed by atoms with Crippen LogP contribution >= 0.6 is 0 Å². The van der Waals surface area contributed by atoms with Crippen molar-refractivity contribution in [1.82, 2.24) is 14.9 Å². The number of morpholine rings is 1. The third-order valence-corrected chi connectivity index (χ3v) is 4.63. The molecule has 1 aromatic carbocycles. The van der Waals surface area contributed by atoms with Gasteiger partial charge in [-0.25, -0.2) is 9.97 Å². The number of anilines is 1. The number of nitrogens with zero attached hydrogens (tertiary/aromatic N) is 3. The minimum atomic E-state index is -0.942. The first-order valence-corrected chi connectivity index (χ1v) is 9.20. The molecule has 144 valence electrons. The van der Waals surface area contributed by atoms with Crippen LogP contribution < -0.4 is 5.32 Å². The van der Waals surface area contributed by atoms with Crippen LogP contribution in [-0.4, -0.2) is 51.7 Å². The van der Waals surface area contributed by atoms with Gasteiger partial charge in [-0.05, 0) is 11.5 Å². The summed E-state index contributed by atoms with van der Waals surface area (Å²) in [6.07, 6.45) is 3.70. The number of aromatic nitrogens is 2. The zero-order valence-electron chi connectivity index (χ0n) is 15.7. The summed E-state index contributed by atoms with van der Waals surface area (Å²) in [6, 6.07) is 10.3. The lowest BCUT2D eigenvalue weighted by molar-refractivity contribution is -0.134. The second kappa shape index (κ2) is 8.92. The summed E-state index contributed by atoms with van der Waals surface area (Å²) in [6.45, 7) is 6.57. The third kappa shape index (κ3) is 5.48. The van der Waals surface area contributed by atoms with Crippen molar-refractivity contribution in [2.45, 2.75) is 32.6 Å². The SMILES string of the molecule is CC(C)[C@H]1CN(Cc2cnc(NCC(=O)O)nc2)C[C@@H](c2ccccc2)O1. The van der Waals surface area contributed by atoms with E-state index >= 15 is 0 Å². The van der Waals surface area contributed by atoms with Gasteiger partial charge in [0.25, 0.3) is 0 Å². The summed E-state index contributed by atoms with van der Waals surface area (Å²) >= 11 is 0. The molecule has 0 spiro atoms. The summed E-state index contributed by atoms with van der Waals surface area (Å²) in [7, 11) is 0. The standard InChI is InChI=1S/C20H26N4O3/c1-14(2)17-12-24(13-18(27-17)16-6-4-3-5-7-16)11-15-8-21-20(22-9-15)23-10-19(25)26/h3-9,14,17-18H,10-13H2,1-2H3,(H,25,26)(H,21,22,23)/t17-,18+/m1/s1. The van der Waals surface area contributed by atoms with Gasteiger partial charge in [0.1, 0.15) is 6.54 Å². The fraction of sp³-hybridized carbons (Fsp3) is 0.450. The van der Waals surface area contributed by atoms with E-state index in [4.69, 9.17) is 9.84 Å². The molecule has 3 rings (SSSR count). The molecule has 1 aromatic heterocycles. The van der Waals surface area contributed by atoms with Crippen molar-refractivity contribution in [1.29, 1.82) is 0 Å². The van der Waals surface area contributed by atoms with E-state index in [1.165, 1.54) is 5.56 Å². The number of carboxylic acids is 1. The van der Waals surface area contributed by atoms with Crippen LogP contribution in [0.25, 0.3) is 0 Å². The number of ether oxygens (including phenoxy) is 1. The zero-order chi connectivity index (χ0) is 19.2. The lowest BCUT2D eigenvalue weighted by Crippen LogP contribution is -2.45. The first-order valence-electron chi connectivity index (χ1n) is 9.20. The van der Waals surface area contributed by atoms with E-state index in [1.54, 1.807) is 12.4 Å². The van der Waals surface area contributed by atoms with Gasteiger partial charge in [-0.15, -0.1) is 0 Å². The number of benzene rings is 1. The first kappa shape index (κ1) is 19.3. The average Bonchev–Trinajstić information content (AvgIpc) is 2.68. The molecule has 1 saturated heterocycles. The molecule has 2 N–H and O–H groups in total. The van der Waals surface area contributed by atoms with Crippen LogP contribution in [0.15, 0.2) is 42.7 Å². The summed E-state index contributed by atoms with van der Waals surface area (Å²) in [5.41, 5.74) is 2.18. The van der Waals surface area contributed by atoms with Gasteiger partial charge in [-0.2, -0.15) is 0 Å². The minimum Gasteiger partial charge on any atom is -0.480 e. The number of hydrogen-bond donors (Lipinski definition) is 2. The highest BCUT2D eigenvalue weighted by molar-refractivity contribution is 5.71. The lowest BCUT2D eigenvalue weighted by Gasteiger charge is -2.40. The normalized spacial score (nSPS) is 20.6. The molecule has 0 amide bonds. The highest BCUT2D eigenvalue weighted by Gasteiger charge is 2.30.